The van der Waals surface area contributed by atoms with Crippen LogP contribution in [0.15, 0.2) is 36.9 Å². The summed E-state index contributed by atoms with van der Waals surface area (Å²) < 4.78 is 0. The molecule has 2 rings (SSSR count). The Kier molecular flexibility index (Phi) is 4.92. The monoisotopic (exact) mass is 338 g/mol. The van der Waals surface area contributed by atoms with E-state index in [1.54, 1.807) is 12.4 Å². The van der Waals surface area contributed by atoms with E-state index in [0.29, 0.717) is 0 Å². The number of alkyl halides is 1. The van der Waals surface area contributed by atoms with Gasteiger partial charge in [0.1, 0.15) is 6.33 Å². The summed E-state index contributed by atoms with van der Waals surface area (Å²) in [6.07, 6.45) is 4.79. The fourth-order valence-corrected chi connectivity index (χ4v) is 2.52. The molecule has 0 aliphatic rings. The molecule has 122 valence electrons. The summed E-state index contributed by atoms with van der Waals surface area (Å²) in [7, 11) is 0. The summed E-state index contributed by atoms with van der Waals surface area (Å²) in [4.78, 5) is 8.01. The molecule has 4 nitrogen and oxygen atoms in total. The first-order valence-corrected chi connectivity index (χ1v) is 8.02. The molecule has 0 saturated carbocycles. The van der Waals surface area contributed by atoms with Gasteiger partial charge in [-0.05, 0) is 44.4 Å². The maximum atomic E-state index is 9.48. The molecule has 1 atom stereocenters. The molecule has 0 saturated heterocycles. The number of nitrogens with zero attached hydrogens (tertiary/aromatic N) is 4. The van der Waals surface area contributed by atoms with Crippen molar-refractivity contribution >= 4 is 11.6 Å². The zero-order valence-electron chi connectivity index (χ0n) is 14.2. The number of hydrogen-bond donors (Lipinski definition) is 0. The van der Waals surface area contributed by atoms with E-state index >= 15 is 0 Å². The van der Waals surface area contributed by atoms with E-state index in [4.69, 9.17) is 11.6 Å². The van der Waals surface area contributed by atoms with Crippen molar-refractivity contribution in [3.05, 3.63) is 59.2 Å². The van der Waals surface area contributed by atoms with Crippen LogP contribution in [0.2, 0.25) is 0 Å². The highest BCUT2D eigenvalue weighted by molar-refractivity contribution is 6.22. The minimum Gasteiger partial charge on any atom is -0.244 e. The zero-order valence-corrected chi connectivity index (χ0v) is 15.0. The van der Waals surface area contributed by atoms with Crippen LogP contribution in [0.25, 0.3) is 0 Å². The van der Waals surface area contributed by atoms with Gasteiger partial charge in [-0.3, -0.25) is 0 Å². The third kappa shape index (κ3) is 3.55. The van der Waals surface area contributed by atoms with Crippen molar-refractivity contribution < 1.29 is 0 Å². The summed E-state index contributed by atoms with van der Waals surface area (Å²) in [5.74, 6) is 0. The van der Waals surface area contributed by atoms with Crippen molar-refractivity contribution in [1.82, 2.24) is 9.97 Å². The minimum absolute atomic E-state index is 0.450. The van der Waals surface area contributed by atoms with Gasteiger partial charge in [0.2, 0.25) is 0 Å². The standard InChI is InChI=1S/C19H19ClN4/c1-18(2,10-21)15-5-13(6-16(7-15)19(3,4)11-22)17(20)14-8-23-12-24-9-14/h5-9,12,17H,1-4H3. The van der Waals surface area contributed by atoms with Gasteiger partial charge in [-0.25, -0.2) is 9.97 Å². The Morgan fingerprint density at radius 1 is 0.875 bits per heavy atom. The highest BCUT2D eigenvalue weighted by Crippen LogP contribution is 2.35. The van der Waals surface area contributed by atoms with Crippen molar-refractivity contribution in [2.45, 2.75) is 43.9 Å². The van der Waals surface area contributed by atoms with E-state index in [9.17, 15) is 10.5 Å². The second-order valence-corrected chi connectivity index (χ2v) is 7.29. The quantitative estimate of drug-likeness (QED) is 0.774. The molecule has 0 radical (unpaired) electrons. The van der Waals surface area contributed by atoms with Gasteiger partial charge >= 0.3 is 0 Å². The predicted octanol–water partition coefficient (Wildman–Crippen LogP) is 4.41. The molecule has 0 amide bonds. The van der Waals surface area contributed by atoms with Crippen molar-refractivity contribution in [2.24, 2.45) is 0 Å². The lowest BCUT2D eigenvalue weighted by molar-refractivity contribution is 0.659. The third-order valence-corrected chi connectivity index (χ3v) is 4.63. The Hall–Kier alpha value is -2.43. The van der Waals surface area contributed by atoms with Crippen LogP contribution in [0.1, 0.15) is 55.3 Å². The number of hydrogen-bond acceptors (Lipinski definition) is 4. The summed E-state index contributed by atoms with van der Waals surface area (Å²) in [5, 5.41) is 18.5. The second-order valence-electron chi connectivity index (χ2n) is 6.85. The van der Waals surface area contributed by atoms with E-state index in [2.05, 4.69) is 22.1 Å². The van der Waals surface area contributed by atoms with E-state index in [1.807, 2.05) is 45.9 Å². The van der Waals surface area contributed by atoms with Crippen LogP contribution >= 0.6 is 11.6 Å². The molecular formula is C19H19ClN4. The number of nitriles is 2. The molecule has 1 aromatic heterocycles. The fraction of sp³-hybridized carbons (Fsp3) is 0.368. The van der Waals surface area contributed by atoms with Crippen molar-refractivity contribution in [3.63, 3.8) is 0 Å². The van der Waals surface area contributed by atoms with Crippen LogP contribution < -0.4 is 0 Å². The van der Waals surface area contributed by atoms with Gasteiger partial charge in [0.25, 0.3) is 0 Å². The van der Waals surface area contributed by atoms with Gasteiger partial charge in [0.15, 0.2) is 0 Å². The smallest absolute Gasteiger partial charge is 0.115 e. The molecule has 0 N–H and O–H groups in total. The molecule has 0 bridgehead atoms. The van der Waals surface area contributed by atoms with E-state index in [0.717, 1.165) is 22.3 Å². The zero-order chi connectivity index (χ0) is 18.0. The van der Waals surface area contributed by atoms with E-state index < -0.39 is 16.2 Å². The average molecular weight is 339 g/mol. The van der Waals surface area contributed by atoms with Crippen LogP contribution in [0.3, 0.4) is 0 Å². The molecule has 0 aliphatic carbocycles. The molecule has 1 aromatic carbocycles. The lowest BCUT2D eigenvalue weighted by Gasteiger charge is -2.24. The lowest BCUT2D eigenvalue weighted by Crippen LogP contribution is -2.19. The largest absolute Gasteiger partial charge is 0.244 e. The fourth-order valence-electron chi connectivity index (χ4n) is 2.28. The van der Waals surface area contributed by atoms with Gasteiger partial charge in [-0.2, -0.15) is 10.5 Å². The van der Waals surface area contributed by atoms with Gasteiger partial charge < -0.3 is 0 Å². The Balaban J connectivity index is 2.64. The minimum atomic E-state index is -0.680. The lowest BCUT2D eigenvalue weighted by atomic mass is 9.78. The molecule has 0 aliphatic heterocycles. The molecule has 2 aromatic rings. The van der Waals surface area contributed by atoms with Crippen LogP contribution in [-0.4, -0.2) is 9.97 Å². The van der Waals surface area contributed by atoms with Gasteiger partial charge in [0, 0.05) is 18.0 Å². The van der Waals surface area contributed by atoms with Crippen LogP contribution in [0.4, 0.5) is 0 Å². The average Bonchev–Trinajstić information content (AvgIpc) is 2.61. The predicted molar refractivity (Wildman–Crippen MR) is 93.4 cm³/mol. The summed E-state index contributed by atoms with van der Waals surface area (Å²) >= 11 is 6.62. The SMILES string of the molecule is CC(C)(C#N)c1cc(C(Cl)c2cncnc2)cc(C(C)(C)C#N)c1. The van der Waals surface area contributed by atoms with Crippen molar-refractivity contribution in [2.75, 3.05) is 0 Å². The molecule has 1 unspecified atom stereocenters. The highest BCUT2D eigenvalue weighted by Gasteiger charge is 2.27. The third-order valence-electron chi connectivity index (χ3n) is 4.12. The highest BCUT2D eigenvalue weighted by atomic mass is 35.5. The number of benzene rings is 1. The molecule has 24 heavy (non-hydrogen) atoms. The Morgan fingerprint density at radius 2 is 1.33 bits per heavy atom. The molecule has 1 heterocycles. The first-order valence-electron chi connectivity index (χ1n) is 7.58. The van der Waals surface area contributed by atoms with Crippen molar-refractivity contribution in [3.8, 4) is 12.1 Å². The van der Waals surface area contributed by atoms with Crippen LogP contribution in [0.5, 0.6) is 0 Å². The first-order chi connectivity index (χ1) is 11.2. The number of rotatable bonds is 4. The van der Waals surface area contributed by atoms with Crippen LogP contribution in [-0.2, 0) is 10.8 Å². The topological polar surface area (TPSA) is 73.4 Å². The Morgan fingerprint density at radius 3 is 1.75 bits per heavy atom. The molecule has 0 spiro atoms. The van der Waals surface area contributed by atoms with E-state index in [1.165, 1.54) is 6.33 Å². The Bertz CT molecular complexity index is 769. The van der Waals surface area contributed by atoms with E-state index in [-0.39, 0.29) is 0 Å². The second kappa shape index (κ2) is 6.59. The summed E-state index contributed by atoms with van der Waals surface area (Å²) in [6.45, 7) is 7.41. The van der Waals surface area contributed by atoms with Crippen molar-refractivity contribution in [1.29, 1.82) is 10.5 Å². The Labute approximate surface area is 147 Å². The maximum Gasteiger partial charge on any atom is 0.115 e. The normalized spacial score (nSPS) is 13.0. The molecule has 5 heteroatoms. The maximum absolute atomic E-state index is 9.48. The van der Waals surface area contributed by atoms with Gasteiger partial charge in [-0.1, -0.05) is 18.2 Å². The van der Waals surface area contributed by atoms with Gasteiger partial charge in [0.05, 0.1) is 28.3 Å². The number of halogens is 1. The molecule has 0 fully saturated rings. The molecular weight excluding hydrogens is 320 g/mol. The van der Waals surface area contributed by atoms with Gasteiger partial charge in [-0.15, -0.1) is 11.6 Å². The summed E-state index contributed by atoms with van der Waals surface area (Å²) in [5.41, 5.74) is 1.91. The van der Waals surface area contributed by atoms with Crippen LogP contribution in [0, 0.1) is 22.7 Å². The number of aromatic nitrogens is 2. The summed E-state index contributed by atoms with van der Waals surface area (Å²) in [6, 6.07) is 10.4. The first kappa shape index (κ1) is 17.9.